The smallest absolute Gasteiger partial charge is 0.231 e. The normalized spacial score (nSPS) is 15.6. The molecule has 1 aliphatic rings. The second-order valence-electron chi connectivity index (χ2n) is 7.91. The Balaban J connectivity index is 1.54. The zero-order valence-corrected chi connectivity index (χ0v) is 18.3. The highest BCUT2D eigenvalue weighted by atomic mass is 32.2. The molecule has 1 amide bonds. The largest absolute Gasteiger partial charge is 0.337 e. The Bertz CT molecular complexity index is 1050. The summed E-state index contributed by atoms with van der Waals surface area (Å²) in [6.45, 7) is 0. The summed E-state index contributed by atoms with van der Waals surface area (Å²) in [6.07, 6.45) is 7.55. The molecule has 5 nitrogen and oxygen atoms in total. The Hall–Kier alpha value is -3.04. The van der Waals surface area contributed by atoms with Crippen molar-refractivity contribution < 1.29 is 4.79 Å². The predicted octanol–water partition coefficient (Wildman–Crippen LogP) is 5.36. The van der Waals surface area contributed by atoms with Crippen molar-refractivity contribution in [3.63, 3.8) is 0 Å². The third kappa shape index (κ3) is 5.00. The zero-order valence-electron chi connectivity index (χ0n) is 17.5. The van der Waals surface area contributed by atoms with Crippen molar-refractivity contribution in [3.8, 4) is 23.0 Å². The molecule has 0 radical (unpaired) electrons. The molecule has 0 bridgehead atoms. The number of amides is 1. The van der Waals surface area contributed by atoms with Gasteiger partial charge in [0.05, 0.1) is 23.7 Å². The Labute approximate surface area is 187 Å². The second-order valence-corrected chi connectivity index (χ2v) is 8.85. The van der Waals surface area contributed by atoms with Crippen LogP contribution in [0.15, 0.2) is 72.0 Å². The zero-order chi connectivity index (χ0) is 21.5. The Kier molecular flexibility index (Phi) is 6.73. The molecule has 0 unspecified atom stereocenters. The first-order valence-electron chi connectivity index (χ1n) is 10.7. The van der Waals surface area contributed by atoms with Gasteiger partial charge < -0.3 is 5.32 Å². The molecule has 31 heavy (non-hydrogen) atoms. The summed E-state index contributed by atoms with van der Waals surface area (Å²) >= 11 is 1.40. The predicted molar refractivity (Wildman–Crippen MR) is 124 cm³/mol. The Morgan fingerprint density at radius 2 is 1.68 bits per heavy atom. The van der Waals surface area contributed by atoms with Crippen LogP contribution in [-0.4, -0.2) is 26.8 Å². The molecular formula is C25H26N4OS. The van der Waals surface area contributed by atoms with Crippen LogP contribution in [0.3, 0.4) is 0 Å². The van der Waals surface area contributed by atoms with Crippen molar-refractivity contribution in [1.82, 2.24) is 14.9 Å². The van der Waals surface area contributed by atoms with Gasteiger partial charge in [0.15, 0.2) is 5.16 Å². The number of nitrogens with one attached hydrogen (secondary N) is 1. The summed E-state index contributed by atoms with van der Waals surface area (Å²) in [5, 5.41) is 13.5. The van der Waals surface area contributed by atoms with Crippen LogP contribution >= 0.6 is 11.8 Å². The number of nitrogens with zero attached hydrogens (tertiary/aromatic N) is 3. The Morgan fingerprint density at radius 1 is 1.03 bits per heavy atom. The number of nitriles is 1. The van der Waals surface area contributed by atoms with Gasteiger partial charge in [-0.2, -0.15) is 5.26 Å². The molecule has 1 saturated carbocycles. The van der Waals surface area contributed by atoms with E-state index in [1.165, 1.54) is 11.8 Å². The van der Waals surface area contributed by atoms with E-state index >= 15 is 0 Å². The SMILES string of the molecule is N#CC1(NC(=O)CSc2ncc(-c3ccccc3)n2-c2ccccc2)CCCCCC1. The van der Waals surface area contributed by atoms with Crippen LogP contribution in [0.1, 0.15) is 38.5 Å². The van der Waals surface area contributed by atoms with E-state index in [9.17, 15) is 10.1 Å². The van der Waals surface area contributed by atoms with E-state index in [-0.39, 0.29) is 11.7 Å². The van der Waals surface area contributed by atoms with Gasteiger partial charge in [-0.3, -0.25) is 9.36 Å². The highest BCUT2D eigenvalue weighted by molar-refractivity contribution is 7.99. The average Bonchev–Trinajstić information content (AvgIpc) is 3.11. The van der Waals surface area contributed by atoms with Crippen molar-refractivity contribution in [2.75, 3.05) is 5.75 Å². The summed E-state index contributed by atoms with van der Waals surface area (Å²) in [5.41, 5.74) is 2.32. The third-order valence-corrected chi connectivity index (χ3v) is 6.65. The van der Waals surface area contributed by atoms with E-state index in [1.807, 2.05) is 54.7 Å². The number of hydrogen-bond acceptors (Lipinski definition) is 4. The molecule has 2 aromatic carbocycles. The topological polar surface area (TPSA) is 70.7 Å². The van der Waals surface area contributed by atoms with Gasteiger partial charge in [-0.25, -0.2) is 4.98 Å². The Morgan fingerprint density at radius 3 is 2.32 bits per heavy atom. The van der Waals surface area contributed by atoms with Gasteiger partial charge in [-0.15, -0.1) is 0 Å². The van der Waals surface area contributed by atoms with Gasteiger partial charge in [0, 0.05) is 11.3 Å². The van der Waals surface area contributed by atoms with Crippen LogP contribution in [-0.2, 0) is 4.79 Å². The van der Waals surface area contributed by atoms with E-state index in [4.69, 9.17) is 0 Å². The minimum absolute atomic E-state index is 0.114. The van der Waals surface area contributed by atoms with Gasteiger partial charge in [0.25, 0.3) is 0 Å². The molecule has 6 heteroatoms. The molecule has 0 spiro atoms. The molecule has 0 aliphatic heterocycles. The number of imidazole rings is 1. The molecular weight excluding hydrogens is 404 g/mol. The lowest BCUT2D eigenvalue weighted by molar-refractivity contribution is -0.120. The fourth-order valence-electron chi connectivity index (χ4n) is 4.11. The summed E-state index contributed by atoms with van der Waals surface area (Å²) in [4.78, 5) is 17.4. The van der Waals surface area contributed by atoms with Crippen molar-refractivity contribution in [2.45, 2.75) is 49.2 Å². The van der Waals surface area contributed by atoms with Crippen LogP contribution in [0.25, 0.3) is 16.9 Å². The lowest BCUT2D eigenvalue weighted by atomic mass is 9.92. The van der Waals surface area contributed by atoms with Crippen LogP contribution in [0, 0.1) is 11.3 Å². The molecule has 4 rings (SSSR count). The second kappa shape index (κ2) is 9.84. The lowest BCUT2D eigenvalue weighted by Crippen LogP contribution is -2.47. The summed E-state index contributed by atoms with van der Waals surface area (Å²) in [5.74, 6) is 0.110. The number of aromatic nitrogens is 2. The van der Waals surface area contributed by atoms with Gasteiger partial charge in [-0.1, -0.05) is 86.0 Å². The van der Waals surface area contributed by atoms with Gasteiger partial charge >= 0.3 is 0 Å². The third-order valence-electron chi connectivity index (χ3n) is 5.70. The molecule has 158 valence electrons. The summed E-state index contributed by atoms with van der Waals surface area (Å²) in [7, 11) is 0. The molecule has 0 atom stereocenters. The quantitative estimate of drug-likeness (QED) is 0.422. The molecule has 1 heterocycles. The highest BCUT2D eigenvalue weighted by Gasteiger charge is 2.32. The molecule has 1 aromatic heterocycles. The van der Waals surface area contributed by atoms with Crippen molar-refractivity contribution >= 4 is 17.7 Å². The van der Waals surface area contributed by atoms with E-state index in [0.717, 1.165) is 60.6 Å². The number of para-hydroxylation sites is 1. The number of rotatable bonds is 6. The van der Waals surface area contributed by atoms with Crippen LogP contribution < -0.4 is 5.32 Å². The first-order chi connectivity index (χ1) is 15.2. The van der Waals surface area contributed by atoms with Crippen molar-refractivity contribution in [3.05, 3.63) is 66.9 Å². The fourth-order valence-corrected chi connectivity index (χ4v) is 4.90. The maximum atomic E-state index is 12.8. The van der Waals surface area contributed by atoms with E-state index in [1.54, 1.807) is 0 Å². The van der Waals surface area contributed by atoms with Crippen LogP contribution in [0.2, 0.25) is 0 Å². The molecule has 0 saturated heterocycles. The number of carbonyl (C=O) groups is 1. The average molecular weight is 431 g/mol. The van der Waals surface area contributed by atoms with Crippen LogP contribution in [0.4, 0.5) is 0 Å². The van der Waals surface area contributed by atoms with E-state index < -0.39 is 5.54 Å². The van der Waals surface area contributed by atoms with Gasteiger partial charge in [0.1, 0.15) is 5.54 Å². The maximum Gasteiger partial charge on any atom is 0.231 e. The summed E-state index contributed by atoms with van der Waals surface area (Å²) in [6, 6.07) is 22.5. The van der Waals surface area contributed by atoms with E-state index in [2.05, 4.69) is 33.1 Å². The van der Waals surface area contributed by atoms with Crippen molar-refractivity contribution in [1.29, 1.82) is 5.26 Å². The minimum atomic E-state index is -0.724. The monoisotopic (exact) mass is 430 g/mol. The molecule has 1 N–H and O–H groups in total. The number of thioether (sulfide) groups is 1. The maximum absolute atomic E-state index is 12.8. The minimum Gasteiger partial charge on any atom is -0.337 e. The van der Waals surface area contributed by atoms with Gasteiger partial charge in [0.2, 0.25) is 5.91 Å². The number of carbonyl (C=O) groups excluding carboxylic acids is 1. The van der Waals surface area contributed by atoms with Crippen molar-refractivity contribution in [2.24, 2.45) is 0 Å². The first kappa shape index (κ1) is 21.2. The fraction of sp³-hybridized carbons (Fsp3) is 0.320. The summed E-state index contributed by atoms with van der Waals surface area (Å²) < 4.78 is 2.08. The lowest BCUT2D eigenvalue weighted by Gasteiger charge is -2.26. The number of benzene rings is 2. The number of hydrogen-bond donors (Lipinski definition) is 1. The van der Waals surface area contributed by atoms with Gasteiger partial charge in [-0.05, 0) is 25.0 Å². The molecule has 1 aliphatic carbocycles. The van der Waals surface area contributed by atoms with E-state index in [0.29, 0.717) is 0 Å². The van der Waals surface area contributed by atoms with Crippen LogP contribution in [0.5, 0.6) is 0 Å². The first-order valence-corrected chi connectivity index (χ1v) is 11.7. The molecule has 1 fully saturated rings. The molecule has 3 aromatic rings. The highest BCUT2D eigenvalue weighted by Crippen LogP contribution is 2.30. The standard InChI is InChI=1S/C25H26N4OS/c26-19-25(15-9-1-2-10-16-25)28-23(30)18-31-24-27-17-22(20-11-5-3-6-12-20)29(24)21-13-7-4-8-14-21/h3-8,11-14,17H,1-2,9-10,15-16,18H2,(H,28,30).